The molecule has 0 unspecified atom stereocenters. The number of halogens is 2. The van der Waals surface area contributed by atoms with Gasteiger partial charge in [-0.1, -0.05) is 0 Å². The SMILES string of the molecule is CN(C)c1ncc(Oc2ccc(N3CCN(C(=O)Nc4c[nH]c5c(F)cc(F)cc45)CC3)cc2)cn1. The van der Waals surface area contributed by atoms with E-state index < -0.39 is 11.6 Å². The molecule has 1 fully saturated rings. The zero-order valence-electron chi connectivity index (χ0n) is 19.8. The van der Waals surface area contributed by atoms with Crippen molar-refractivity contribution in [2.45, 2.75) is 0 Å². The Bertz CT molecular complexity index is 1370. The minimum Gasteiger partial charge on any atom is -0.454 e. The molecule has 0 radical (unpaired) electrons. The van der Waals surface area contributed by atoms with E-state index in [4.69, 9.17) is 4.74 Å². The van der Waals surface area contributed by atoms with Gasteiger partial charge in [-0.25, -0.2) is 23.5 Å². The van der Waals surface area contributed by atoms with Crippen molar-refractivity contribution in [1.29, 1.82) is 0 Å². The van der Waals surface area contributed by atoms with Crippen LogP contribution in [0.3, 0.4) is 0 Å². The third kappa shape index (κ3) is 4.85. The molecular formula is C25H25F2N7O2. The van der Waals surface area contributed by atoms with Crippen molar-refractivity contribution in [1.82, 2.24) is 19.9 Å². The van der Waals surface area contributed by atoms with Gasteiger partial charge in [0.05, 0.1) is 23.6 Å². The number of aromatic nitrogens is 3. The van der Waals surface area contributed by atoms with E-state index in [0.717, 1.165) is 11.8 Å². The van der Waals surface area contributed by atoms with Crippen molar-refractivity contribution in [3.63, 3.8) is 0 Å². The van der Waals surface area contributed by atoms with Crippen LogP contribution in [0.5, 0.6) is 11.5 Å². The first-order valence-corrected chi connectivity index (χ1v) is 11.4. The Labute approximate surface area is 206 Å². The summed E-state index contributed by atoms with van der Waals surface area (Å²) in [6, 6.07) is 9.38. The van der Waals surface area contributed by atoms with E-state index in [2.05, 4.69) is 25.2 Å². The zero-order chi connectivity index (χ0) is 25.2. The normalized spacial score (nSPS) is 13.7. The highest BCUT2D eigenvalue weighted by molar-refractivity contribution is 6.01. The number of aromatic amines is 1. The molecule has 1 aliphatic heterocycles. The molecule has 0 bridgehead atoms. The second-order valence-electron chi connectivity index (χ2n) is 8.63. The maximum atomic E-state index is 13.9. The summed E-state index contributed by atoms with van der Waals surface area (Å²) in [6.45, 7) is 2.30. The van der Waals surface area contributed by atoms with Crippen molar-refractivity contribution < 1.29 is 18.3 Å². The number of amides is 2. The van der Waals surface area contributed by atoms with Crippen LogP contribution in [0.4, 0.5) is 30.9 Å². The highest BCUT2D eigenvalue weighted by Crippen LogP contribution is 2.28. The van der Waals surface area contributed by atoms with Crippen LogP contribution in [0.2, 0.25) is 0 Å². The van der Waals surface area contributed by atoms with Crippen LogP contribution < -0.4 is 19.9 Å². The Balaban J connectivity index is 1.16. The van der Waals surface area contributed by atoms with Crippen LogP contribution in [-0.4, -0.2) is 66.2 Å². The fourth-order valence-electron chi connectivity index (χ4n) is 4.07. The number of carbonyl (C=O) groups is 1. The number of nitrogens with one attached hydrogen (secondary N) is 2. The van der Waals surface area contributed by atoms with Crippen LogP contribution in [0.15, 0.2) is 55.0 Å². The van der Waals surface area contributed by atoms with E-state index in [0.29, 0.717) is 54.7 Å². The number of anilines is 3. The molecule has 11 heteroatoms. The number of H-pyrrole nitrogens is 1. The van der Waals surface area contributed by atoms with E-state index in [1.807, 2.05) is 43.3 Å². The highest BCUT2D eigenvalue weighted by atomic mass is 19.1. The molecule has 5 rings (SSSR count). The standard InChI is InChI=1S/C25H25F2N7O2/c1-32(2)24-29-13-19(14-30-24)36-18-5-3-17(4-6-18)33-7-9-34(10-8-33)25(35)31-22-15-28-23-20(22)11-16(26)12-21(23)27/h3-6,11-15,28H,7-10H2,1-2H3,(H,31,35). The van der Waals surface area contributed by atoms with Crippen LogP contribution in [-0.2, 0) is 0 Å². The molecule has 3 heterocycles. The van der Waals surface area contributed by atoms with Gasteiger partial charge in [-0.05, 0) is 30.3 Å². The first-order valence-electron chi connectivity index (χ1n) is 11.4. The van der Waals surface area contributed by atoms with Gasteiger partial charge >= 0.3 is 6.03 Å². The summed E-state index contributed by atoms with van der Waals surface area (Å²) in [4.78, 5) is 29.7. The number of urea groups is 1. The van der Waals surface area contributed by atoms with E-state index >= 15 is 0 Å². The fourth-order valence-corrected chi connectivity index (χ4v) is 4.07. The molecule has 0 atom stereocenters. The van der Waals surface area contributed by atoms with E-state index in [1.54, 1.807) is 17.3 Å². The Morgan fingerprint density at radius 2 is 1.72 bits per heavy atom. The number of carbonyl (C=O) groups excluding carboxylic acids is 1. The summed E-state index contributed by atoms with van der Waals surface area (Å²) >= 11 is 0. The van der Waals surface area contributed by atoms with Crippen molar-refractivity contribution >= 4 is 34.3 Å². The van der Waals surface area contributed by atoms with Crippen molar-refractivity contribution in [2.24, 2.45) is 0 Å². The van der Waals surface area contributed by atoms with Gasteiger partial charge in [0.2, 0.25) is 5.95 Å². The smallest absolute Gasteiger partial charge is 0.322 e. The third-order valence-electron chi connectivity index (χ3n) is 5.97. The quantitative estimate of drug-likeness (QED) is 0.427. The molecule has 0 spiro atoms. The lowest BCUT2D eigenvalue weighted by Crippen LogP contribution is -2.50. The summed E-state index contributed by atoms with van der Waals surface area (Å²) < 4.78 is 33.4. The highest BCUT2D eigenvalue weighted by Gasteiger charge is 2.22. The fraction of sp³-hybridized carbons (Fsp3) is 0.240. The predicted octanol–water partition coefficient (Wildman–Crippen LogP) is 4.45. The Hall–Kier alpha value is -4.41. The van der Waals surface area contributed by atoms with E-state index in [9.17, 15) is 13.6 Å². The summed E-state index contributed by atoms with van der Waals surface area (Å²) in [5, 5.41) is 3.05. The lowest BCUT2D eigenvalue weighted by Gasteiger charge is -2.36. The monoisotopic (exact) mass is 493 g/mol. The molecule has 2 aromatic carbocycles. The van der Waals surface area contributed by atoms with Crippen molar-refractivity contribution in [3.05, 3.63) is 66.6 Å². The molecular weight excluding hydrogens is 468 g/mol. The number of hydrogen-bond acceptors (Lipinski definition) is 6. The summed E-state index contributed by atoms with van der Waals surface area (Å²) in [7, 11) is 3.74. The minimum absolute atomic E-state index is 0.155. The van der Waals surface area contributed by atoms with E-state index in [-0.39, 0.29) is 11.5 Å². The maximum Gasteiger partial charge on any atom is 0.322 e. The Kier molecular flexibility index (Phi) is 6.28. The number of nitrogens with zero attached hydrogens (tertiary/aromatic N) is 5. The number of fused-ring (bicyclic) bond motifs is 1. The topological polar surface area (TPSA) is 89.6 Å². The molecule has 186 valence electrons. The minimum atomic E-state index is -0.703. The molecule has 2 amide bonds. The summed E-state index contributed by atoms with van der Waals surface area (Å²) in [5.41, 5.74) is 1.51. The average molecular weight is 494 g/mol. The summed E-state index contributed by atoms with van der Waals surface area (Å²) in [5.74, 6) is 0.426. The molecule has 1 saturated heterocycles. The predicted molar refractivity (Wildman–Crippen MR) is 134 cm³/mol. The van der Waals surface area contributed by atoms with Crippen molar-refractivity contribution in [3.8, 4) is 11.5 Å². The Morgan fingerprint density at radius 1 is 1.03 bits per heavy atom. The largest absolute Gasteiger partial charge is 0.454 e. The van der Waals surface area contributed by atoms with Crippen LogP contribution >= 0.6 is 0 Å². The zero-order valence-corrected chi connectivity index (χ0v) is 19.8. The Morgan fingerprint density at radius 3 is 2.39 bits per heavy atom. The van der Waals surface area contributed by atoms with Crippen molar-refractivity contribution in [2.75, 3.05) is 55.4 Å². The van der Waals surface area contributed by atoms with Gasteiger partial charge in [-0.3, -0.25) is 0 Å². The third-order valence-corrected chi connectivity index (χ3v) is 5.97. The molecule has 2 N–H and O–H groups in total. The van der Waals surface area contributed by atoms with Gasteiger partial charge in [-0.2, -0.15) is 0 Å². The van der Waals surface area contributed by atoms with Gasteiger partial charge in [-0.15, -0.1) is 0 Å². The molecule has 9 nitrogen and oxygen atoms in total. The lowest BCUT2D eigenvalue weighted by atomic mass is 10.2. The van der Waals surface area contributed by atoms with Gasteiger partial charge in [0.1, 0.15) is 17.4 Å². The lowest BCUT2D eigenvalue weighted by molar-refractivity contribution is 0.208. The van der Waals surface area contributed by atoms with E-state index in [1.165, 1.54) is 12.3 Å². The summed E-state index contributed by atoms with van der Waals surface area (Å²) in [6.07, 6.45) is 4.72. The number of rotatable bonds is 5. The van der Waals surface area contributed by atoms with Crippen LogP contribution in [0, 0.1) is 11.6 Å². The maximum absolute atomic E-state index is 13.9. The number of piperazine rings is 1. The van der Waals surface area contributed by atoms with Gasteiger partial charge < -0.3 is 29.7 Å². The molecule has 0 saturated carbocycles. The molecule has 36 heavy (non-hydrogen) atoms. The number of ether oxygens (including phenoxy) is 1. The van der Waals surface area contributed by atoms with Gasteiger partial charge in [0.15, 0.2) is 5.75 Å². The van der Waals surface area contributed by atoms with Gasteiger partial charge in [0.25, 0.3) is 0 Å². The number of hydrogen-bond donors (Lipinski definition) is 2. The number of benzene rings is 2. The van der Waals surface area contributed by atoms with Crippen LogP contribution in [0.25, 0.3) is 10.9 Å². The second-order valence-corrected chi connectivity index (χ2v) is 8.63. The first kappa shape index (κ1) is 23.3. The second kappa shape index (κ2) is 9.68. The molecule has 0 aliphatic carbocycles. The van der Waals surface area contributed by atoms with Crippen LogP contribution in [0.1, 0.15) is 0 Å². The molecule has 4 aromatic rings. The van der Waals surface area contributed by atoms with Gasteiger partial charge in [0, 0.05) is 63.6 Å². The average Bonchev–Trinajstić information content (AvgIpc) is 3.27. The first-order chi connectivity index (χ1) is 17.4. The molecule has 2 aromatic heterocycles. The molecule has 1 aliphatic rings.